The summed E-state index contributed by atoms with van der Waals surface area (Å²) in [7, 11) is 0. The number of benzene rings is 1. The molecule has 1 N–H and O–H groups in total. The second-order valence-corrected chi connectivity index (χ2v) is 8.33. The van der Waals surface area contributed by atoms with Crippen LogP contribution in [0, 0.1) is 0 Å². The van der Waals surface area contributed by atoms with Gasteiger partial charge in [-0.05, 0) is 42.3 Å². The number of aromatic nitrogens is 3. The van der Waals surface area contributed by atoms with Crippen LogP contribution in [0.1, 0.15) is 39.8 Å². The average Bonchev–Trinajstić information content (AvgIpc) is 3.29. The van der Waals surface area contributed by atoms with Gasteiger partial charge < -0.3 is 14.6 Å². The molecule has 192 valence electrons. The minimum atomic E-state index is -5.04. The van der Waals surface area contributed by atoms with E-state index >= 15 is 0 Å². The molecule has 0 radical (unpaired) electrons. The van der Waals surface area contributed by atoms with Crippen molar-refractivity contribution < 1.29 is 36.2 Å². The maximum absolute atomic E-state index is 13.2. The van der Waals surface area contributed by atoms with Crippen LogP contribution in [0.3, 0.4) is 0 Å². The van der Waals surface area contributed by atoms with Crippen molar-refractivity contribution in [3.63, 3.8) is 0 Å². The highest BCUT2D eigenvalue weighted by Gasteiger charge is 2.38. The van der Waals surface area contributed by atoms with Crippen LogP contribution in [0.25, 0.3) is 5.69 Å². The summed E-state index contributed by atoms with van der Waals surface area (Å²) in [5, 5.41) is 9.88. The number of alkyl halides is 6. The smallest absolute Gasteiger partial charge is 0.394 e. The quantitative estimate of drug-likeness (QED) is 0.528. The number of amides is 1. The fourth-order valence-electron chi connectivity index (χ4n) is 4.10. The Bertz CT molecular complexity index is 1330. The number of hydrogen-bond acceptors (Lipinski definition) is 4. The van der Waals surface area contributed by atoms with Gasteiger partial charge in [0.2, 0.25) is 0 Å². The molecule has 3 heterocycles. The standard InChI is InChI=1S/C23H20F6N4O3/c1-2-16-9-31(12-30-16)18-3-4-19-21(36)32(17(11-34)10-33(19)20(18)35)8-13-5-14(22(24,25)26)7-15(6-13)23(27,28)29/h3-7,9,12,17,34H,2,8,10-11H2,1H3/t17-/m0/s1. The van der Waals surface area contributed by atoms with E-state index in [2.05, 4.69) is 4.98 Å². The topological polar surface area (TPSA) is 80.4 Å². The first-order chi connectivity index (χ1) is 16.8. The number of halogens is 6. The van der Waals surface area contributed by atoms with E-state index in [-0.39, 0.29) is 24.0 Å². The van der Waals surface area contributed by atoms with Gasteiger partial charge in [-0.1, -0.05) is 6.92 Å². The number of nitrogens with zero attached hydrogens (tertiary/aromatic N) is 4. The van der Waals surface area contributed by atoms with Crippen molar-refractivity contribution in [3.8, 4) is 5.69 Å². The van der Waals surface area contributed by atoms with Crippen LogP contribution in [-0.2, 0) is 31.9 Å². The third kappa shape index (κ3) is 4.74. The predicted octanol–water partition coefficient (Wildman–Crippen LogP) is 3.65. The Balaban J connectivity index is 1.73. The van der Waals surface area contributed by atoms with Gasteiger partial charge >= 0.3 is 12.4 Å². The molecule has 3 aromatic rings. The fourth-order valence-corrected chi connectivity index (χ4v) is 4.10. The summed E-state index contributed by atoms with van der Waals surface area (Å²) in [6.07, 6.45) is -6.37. The predicted molar refractivity (Wildman–Crippen MR) is 114 cm³/mol. The van der Waals surface area contributed by atoms with E-state index in [0.29, 0.717) is 18.6 Å². The number of carbonyl (C=O) groups is 1. The van der Waals surface area contributed by atoms with Crippen molar-refractivity contribution in [1.29, 1.82) is 0 Å². The van der Waals surface area contributed by atoms with Crippen molar-refractivity contribution in [2.75, 3.05) is 6.61 Å². The summed E-state index contributed by atoms with van der Waals surface area (Å²) in [6.45, 7) is 0.380. The molecule has 1 aliphatic heterocycles. The largest absolute Gasteiger partial charge is 0.416 e. The van der Waals surface area contributed by atoms with Crippen LogP contribution >= 0.6 is 0 Å². The molecule has 0 saturated carbocycles. The molecule has 0 aliphatic carbocycles. The highest BCUT2D eigenvalue weighted by molar-refractivity contribution is 5.93. The fraction of sp³-hybridized carbons (Fsp3) is 0.348. The van der Waals surface area contributed by atoms with Crippen LogP contribution < -0.4 is 5.56 Å². The van der Waals surface area contributed by atoms with E-state index in [0.717, 1.165) is 15.2 Å². The van der Waals surface area contributed by atoms with Gasteiger partial charge in [0.05, 0.1) is 35.8 Å². The van der Waals surface area contributed by atoms with E-state index in [1.165, 1.54) is 23.0 Å². The second kappa shape index (κ2) is 9.12. The average molecular weight is 514 g/mol. The van der Waals surface area contributed by atoms with Crippen LogP contribution in [0.4, 0.5) is 26.3 Å². The number of pyridine rings is 1. The Morgan fingerprint density at radius 1 is 1.03 bits per heavy atom. The Kier molecular flexibility index (Phi) is 6.45. The van der Waals surface area contributed by atoms with Crippen molar-refractivity contribution in [1.82, 2.24) is 19.0 Å². The zero-order valence-electron chi connectivity index (χ0n) is 18.8. The molecule has 1 aromatic carbocycles. The summed E-state index contributed by atoms with van der Waals surface area (Å²) in [4.78, 5) is 31.4. The number of aryl methyl sites for hydroxylation is 1. The van der Waals surface area contributed by atoms with Crippen LogP contribution in [-0.4, -0.2) is 42.7 Å². The number of fused-ring (bicyclic) bond motifs is 1. The molecular formula is C23H20F6N4O3. The first-order valence-corrected chi connectivity index (χ1v) is 10.8. The van der Waals surface area contributed by atoms with Crippen LogP contribution in [0.2, 0.25) is 0 Å². The number of carbonyl (C=O) groups excluding carboxylic acids is 1. The molecule has 0 saturated heterocycles. The molecule has 1 amide bonds. The van der Waals surface area contributed by atoms with Gasteiger partial charge in [-0.2, -0.15) is 26.3 Å². The van der Waals surface area contributed by atoms with Crippen molar-refractivity contribution >= 4 is 5.91 Å². The minimum Gasteiger partial charge on any atom is -0.394 e. The van der Waals surface area contributed by atoms with Crippen LogP contribution in [0.15, 0.2) is 47.7 Å². The molecule has 0 fully saturated rings. The minimum absolute atomic E-state index is 0.00149. The highest BCUT2D eigenvalue weighted by Crippen LogP contribution is 2.37. The van der Waals surface area contributed by atoms with Gasteiger partial charge in [0.15, 0.2) is 0 Å². The SMILES string of the molecule is CCc1cn(-c2ccc3n(c2=O)C[C@@H](CO)N(Cc2cc(C(F)(F)F)cc(C(F)(F)F)c2)C3=O)cn1. The lowest BCUT2D eigenvalue weighted by Gasteiger charge is -2.36. The van der Waals surface area contributed by atoms with E-state index in [1.54, 1.807) is 6.20 Å². The molecule has 1 aliphatic rings. The van der Waals surface area contributed by atoms with Crippen LogP contribution in [0.5, 0.6) is 0 Å². The van der Waals surface area contributed by atoms with Gasteiger partial charge in [0.25, 0.3) is 11.5 Å². The summed E-state index contributed by atoms with van der Waals surface area (Å²) in [5.41, 5.74) is -3.18. The molecule has 2 aromatic heterocycles. The molecule has 13 heteroatoms. The maximum Gasteiger partial charge on any atom is 0.416 e. The first-order valence-electron chi connectivity index (χ1n) is 10.8. The third-order valence-corrected chi connectivity index (χ3v) is 5.96. The molecule has 0 spiro atoms. The Morgan fingerprint density at radius 2 is 1.67 bits per heavy atom. The van der Waals surface area contributed by atoms with E-state index in [4.69, 9.17) is 0 Å². The summed E-state index contributed by atoms with van der Waals surface area (Å²) in [5.74, 6) is -0.810. The van der Waals surface area contributed by atoms with Crippen molar-refractivity contribution in [2.45, 2.75) is 44.8 Å². The Labute approximate surface area is 200 Å². The van der Waals surface area contributed by atoms with Crippen molar-refractivity contribution in [3.05, 3.63) is 81.3 Å². The van der Waals surface area contributed by atoms with Gasteiger partial charge in [-0.15, -0.1) is 0 Å². The third-order valence-electron chi connectivity index (χ3n) is 5.96. The second-order valence-electron chi connectivity index (χ2n) is 8.33. The number of rotatable bonds is 5. The van der Waals surface area contributed by atoms with Gasteiger partial charge in [0.1, 0.15) is 11.4 Å². The molecule has 1 atom stereocenters. The molecule has 4 rings (SSSR count). The lowest BCUT2D eigenvalue weighted by Crippen LogP contribution is -2.52. The lowest BCUT2D eigenvalue weighted by molar-refractivity contribution is -0.143. The summed E-state index contributed by atoms with van der Waals surface area (Å²) >= 11 is 0. The summed E-state index contributed by atoms with van der Waals surface area (Å²) in [6, 6.07) is 2.74. The number of aliphatic hydroxyl groups is 1. The number of hydrogen-bond donors (Lipinski definition) is 1. The normalized spacial score (nSPS) is 16.4. The number of imidazole rings is 1. The maximum atomic E-state index is 13.2. The molecule has 0 unspecified atom stereocenters. The van der Waals surface area contributed by atoms with Crippen molar-refractivity contribution in [2.24, 2.45) is 0 Å². The molecular weight excluding hydrogens is 494 g/mol. The summed E-state index contributed by atoms with van der Waals surface area (Å²) < 4.78 is 82.1. The Morgan fingerprint density at radius 3 is 2.19 bits per heavy atom. The molecule has 36 heavy (non-hydrogen) atoms. The van der Waals surface area contributed by atoms with Gasteiger partial charge in [-0.25, -0.2) is 4.98 Å². The number of aliphatic hydroxyl groups excluding tert-OH is 1. The first kappa shape index (κ1) is 25.5. The zero-order valence-corrected chi connectivity index (χ0v) is 18.8. The Hall–Kier alpha value is -3.61. The van der Waals surface area contributed by atoms with E-state index in [9.17, 15) is 41.0 Å². The molecule has 7 nitrogen and oxygen atoms in total. The van der Waals surface area contributed by atoms with E-state index in [1.807, 2.05) is 6.92 Å². The van der Waals surface area contributed by atoms with Gasteiger partial charge in [0, 0.05) is 19.3 Å². The lowest BCUT2D eigenvalue weighted by atomic mass is 10.0. The van der Waals surface area contributed by atoms with E-state index < -0.39 is 59.7 Å². The highest BCUT2D eigenvalue weighted by atomic mass is 19.4. The monoisotopic (exact) mass is 514 g/mol. The zero-order chi connectivity index (χ0) is 26.4. The molecule has 0 bridgehead atoms. The van der Waals surface area contributed by atoms with Gasteiger partial charge in [-0.3, -0.25) is 14.2 Å².